The van der Waals surface area contributed by atoms with Crippen molar-refractivity contribution in [2.45, 2.75) is 38.3 Å². The Balaban J connectivity index is 1.55. The molecule has 0 radical (unpaired) electrons. The molecule has 0 unspecified atom stereocenters. The first-order valence-electron chi connectivity index (χ1n) is 7.04. The third-order valence-corrected chi connectivity index (χ3v) is 3.90. The SMILES string of the molecule is O=C(CCNC1CC1)N1CCc2ccc(O)cc2C1. The maximum absolute atomic E-state index is 12.1. The van der Waals surface area contributed by atoms with Gasteiger partial charge in [-0.25, -0.2) is 0 Å². The van der Waals surface area contributed by atoms with E-state index in [1.807, 2.05) is 11.0 Å². The van der Waals surface area contributed by atoms with Crippen molar-refractivity contribution in [3.8, 4) is 5.75 Å². The Labute approximate surface area is 113 Å². The van der Waals surface area contributed by atoms with E-state index in [-0.39, 0.29) is 11.7 Å². The summed E-state index contributed by atoms with van der Waals surface area (Å²) in [5.74, 6) is 0.491. The van der Waals surface area contributed by atoms with Gasteiger partial charge in [0.05, 0.1) is 0 Å². The summed E-state index contributed by atoms with van der Waals surface area (Å²) < 4.78 is 0. The van der Waals surface area contributed by atoms with Gasteiger partial charge >= 0.3 is 0 Å². The molecule has 1 aliphatic carbocycles. The molecule has 0 bridgehead atoms. The molecule has 1 aliphatic heterocycles. The summed E-state index contributed by atoms with van der Waals surface area (Å²) in [6.07, 6.45) is 3.97. The molecule has 0 atom stereocenters. The van der Waals surface area contributed by atoms with Gasteiger partial charge in [0.15, 0.2) is 0 Å². The zero-order valence-electron chi connectivity index (χ0n) is 11.1. The van der Waals surface area contributed by atoms with Crippen LogP contribution in [-0.2, 0) is 17.8 Å². The van der Waals surface area contributed by atoms with E-state index in [4.69, 9.17) is 0 Å². The molecular weight excluding hydrogens is 240 g/mol. The number of benzene rings is 1. The van der Waals surface area contributed by atoms with Crippen LogP contribution < -0.4 is 5.32 Å². The number of nitrogens with one attached hydrogen (secondary N) is 1. The summed E-state index contributed by atoms with van der Waals surface area (Å²) in [7, 11) is 0. The number of nitrogens with zero attached hydrogens (tertiary/aromatic N) is 1. The van der Waals surface area contributed by atoms with E-state index in [0.717, 1.165) is 25.1 Å². The highest BCUT2D eigenvalue weighted by Gasteiger charge is 2.23. The molecule has 102 valence electrons. The highest BCUT2D eigenvalue weighted by atomic mass is 16.3. The number of carbonyl (C=O) groups excluding carboxylic acids is 1. The van der Waals surface area contributed by atoms with Gasteiger partial charge in [-0.05, 0) is 42.5 Å². The lowest BCUT2D eigenvalue weighted by atomic mass is 9.99. The van der Waals surface area contributed by atoms with Crippen molar-refractivity contribution in [1.82, 2.24) is 10.2 Å². The largest absolute Gasteiger partial charge is 0.508 e. The zero-order chi connectivity index (χ0) is 13.2. The van der Waals surface area contributed by atoms with E-state index in [1.54, 1.807) is 12.1 Å². The molecule has 1 saturated carbocycles. The number of amides is 1. The molecule has 0 spiro atoms. The van der Waals surface area contributed by atoms with E-state index in [9.17, 15) is 9.90 Å². The summed E-state index contributed by atoms with van der Waals surface area (Å²) in [5, 5.41) is 12.9. The summed E-state index contributed by atoms with van der Waals surface area (Å²) in [6.45, 7) is 2.21. The van der Waals surface area contributed by atoms with Crippen LogP contribution in [0.3, 0.4) is 0 Å². The average Bonchev–Trinajstić information content (AvgIpc) is 3.22. The van der Waals surface area contributed by atoms with E-state index in [1.165, 1.54) is 18.4 Å². The normalized spacial score (nSPS) is 18.2. The minimum atomic E-state index is 0.210. The van der Waals surface area contributed by atoms with E-state index in [2.05, 4.69) is 5.32 Å². The summed E-state index contributed by atoms with van der Waals surface area (Å²) in [4.78, 5) is 14.0. The van der Waals surface area contributed by atoms with Gasteiger partial charge < -0.3 is 15.3 Å². The second-order valence-corrected chi connectivity index (χ2v) is 5.50. The Hall–Kier alpha value is -1.55. The third-order valence-electron chi connectivity index (χ3n) is 3.90. The monoisotopic (exact) mass is 260 g/mol. The minimum Gasteiger partial charge on any atom is -0.508 e. The van der Waals surface area contributed by atoms with Gasteiger partial charge in [0.1, 0.15) is 5.75 Å². The highest BCUT2D eigenvalue weighted by molar-refractivity contribution is 5.76. The molecule has 0 aromatic heterocycles. The molecule has 1 aromatic carbocycles. The Bertz CT molecular complexity index is 483. The lowest BCUT2D eigenvalue weighted by molar-refractivity contribution is -0.132. The van der Waals surface area contributed by atoms with Crippen molar-refractivity contribution < 1.29 is 9.90 Å². The fraction of sp³-hybridized carbons (Fsp3) is 0.533. The fourth-order valence-corrected chi connectivity index (χ4v) is 2.59. The summed E-state index contributed by atoms with van der Waals surface area (Å²) in [6, 6.07) is 6.11. The predicted molar refractivity (Wildman–Crippen MR) is 72.9 cm³/mol. The van der Waals surface area contributed by atoms with Gasteiger partial charge in [0.25, 0.3) is 0 Å². The van der Waals surface area contributed by atoms with Crippen LogP contribution in [0.5, 0.6) is 5.75 Å². The first-order valence-corrected chi connectivity index (χ1v) is 7.04. The average molecular weight is 260 g/mol. The number of fused-ring (bicyclic) bond motifs is 1. The number of phenolic OH excluding ortho intramolecular Hbond substituents is 1. The number of rotatable bonds is 4. The van der Waals surface area contributed by atoms with Gasteiger partial charge in [0.2, 0.25) is 5.91 Å². The first kappa shape index (κ1) is 12.5. The van der Waals surface area contributed by atoms with Gasteiger partial charge in [-0.1, -0.05) is 6.07 Å². The Morgan fingerprint density at radius 1 is 1.37 bits per heavy atom. The third kappa shape index (κ3) is 3.07. The summed E-state index contributed by atoms with van der Waals surface area (Å²) >= 11 is 0. The summed E-state index contributed by atoms with van der Waals surface area (Å²) in [5.41, 5.74) is 2.33. The van der Waals surface area contributed by atoms with Gasteiger partial charge in [0, 0.05) is 32.1 Å². The molecule has 2 aliphatic rings. The lowest BCUT2D eigenvalue weighted by Crippen LogP contribution is -2.37. The Morgan fingerprint density at radius 2 is 2.21 bits per heavy atom. The molecule has 4 heteroatoms. The molecule has 2 N–H and O–H groups in total. The van der Waals surface area contributed by atoms with E-state index < -0.39 is 0 Å². The first-order chi connectivity index (χ1) is 9.22. The lowest BCUT2D eigenvalue weighted by Gasteiger charge is -2.29. The molecule has 1 aromatic rings. The van der Waals surface area contributed by atoms with Crippen molar-refractivity contribution in [3.63, 3.8) is 0 Å². The molecule has 1 fully saturated rings. The van der Waals surface area contributed by atoms with Crippen LogP contribution in [0, 0.1) is 0 Å². The number of aromatic hydroxyl groups is 1. The Morgan fingerprint density at radius 3 is 3.00 bits per heavy atom. The number of hydrogen-bond acceptors (Lipinski definition) is 3. The van der Waals surface area contributed by atoms with Gasteiger partial charge in [-0.3, -0.25) is 4.79 Å². The zero-order valence-corrected chi connectivity index (χ0v) is 11.1. The van der Waals surface area contributed by atoms with Crippen molar-refractivity contribution in [2.75, 3.05) is 13.1 Å². The number of hydrogen-bond donors (Lipinski definition) is 2. The van der Waals surface area contributed by atoms with Crippen LogP contribution in [-0.4, -0.2) is 35.0 Å². The maximum Gasteiger partial charge on any atom is 0.224 e. The van der Waals surface area contributed by atoms with Gasteiger partial charge in [-0.15, -0.1) is 0 Å². The van der Waals surface area contributed by atoms with Crippen LogP contribution in [0.25, 0.3) is 0 Å². The van der Waals surface area contributed by atoms with Crippen molar-refractivity contribution in [2.24, 2.45) is 0 Å². The maximum atomic E-state index is 12.1. The molecule has 1 amide bonds. The van der Waals surface area contributed by atoms with Gasteiger partial charge in [-0.2, -0.15) is 0 Å². The molecule has 0 saturated heterocycles. The van der Waals surface area contributed by atoms with Crippen LogP contribution in [0.1, 0.15) is 30.4 Å². The number of phenols is 1. The quantitative estimate of drug-likeness (QED) is 0.861. The second-order valence-electron chi connectivity index (χ2n) is 5.50. The van der Waals surface area contributed by atoms with Crippen molar-refractivity contribution in [1.29, 1.82) is 0 Å². The molecule has 1 heterocycles. The van der Waals surface area contributed by atoms with Crippen LogP contribution >= 0.6 is 0 Å². The predicted octanol–water partition coefficient (Wildman–Crippen LogP) is 1.42. The number of carbonyl (C=O) groups is 1. The van der Waals surface area contributed by atoms with Crippen LogP contribution in [0.4, 0.5) is 0 Å². The molecule has 4 nitrogen and oxygen atoms in total. The standard InChI is InChI=1S/C15H20N2O2/c18-14-4-1-11-6-8-17(10-12(11)9-14)15(19)5-7-16-13-2-3-13/h1,4,9,13,16,18H,2-3,5-8,10H2. The van der Waals surface area contributed by atoms with Crippen LogP contribution in [0.15, 0.2) is 18.2 Å². The van der Waals surface area contributed by atoms with Crippen molar-refractivity contribution >= 4 is 5.91 Å². The Kier molecular flexibility index (Phi) is 3.42. The van der Waals surface area contributed by atoms with E-state index >= 15 is 0 Å². The molecular formula is C15H20N2O2. The van der Waals surface area contributed by atoms with Crippen LogP contribution in [0.2, 0.25) is 0 Å². The second kappa shape index (κ2) is 5.21. The molecule has 3 rings (SSSR count). The topological polar surface area (TPSA) is 52.6 Å². The fourth-order valence-electron chi connectivity index (χ4n) is 2.59. The van der Waals surface area contributed by atoms with E-state index in [0.29, 0.717) is 19.0 Å². The minimum absolute atomic E-state index is 0.210. The molecule has 19 heavy (non-hydrogen) atoms. The smallest absolute Gasteiger partial charge is 0.224 e. The van der Waals surface area contributed by atoms with Crippen molar-refractivity contribution in [3.05, 3.63) is 29.3 Å². The highest BCUT2D eigenvalue weighted by Crippen LogP contribution is 2.23.